The first kappa shape index (κ1) is 13.4. The number of hydrogen-bond acceptors (Lipinski definition) is 2. The number of rotatable bonds is 4. The van der Waals surface area contributed by atoms with Crippen molar-refractivity contribution >= 4 is 0 Å². The van der Waals surface area contributed by atoms with Crippen molar-refractivity contribution in [3.63, 3.8) is 0 Å². The third-order valence-corrected chi connectivity index (χ3v) is 4.92. The van der Waals surface area contributed by atoms with Crippen LogP contribution in [0.25, 0.3) is 0 Å². The van der Waals surface area contributed by atoms with Crippen LogP contribution in [-0.2, 0) is 4.74 Å². The Balaban J connectivity index is 2.04. The highest BCUT2D eigenvalue weighted by atomic mass is 16.5. The van der Waals surface area contributed by atoms with Crippen LogP contribution >= 0.6 is 0 Å². The molecule has 1 N–H and O–H groups in total. The normalized spacial score (nSPS) is 34.8. The van der Waals surface area contributed by atoms with Crippen molar-refractivity contribution < 1.29 is 4.74 Å². The lowest BCUT2D eigenvalue weighted by Crippen LogP contribution is -2.48. The molecule has 2 rings (SSSR count). The predicted molar refractivity (Wildman–Crippen MR) is 72.1 cm³/mol. The molecule has 0 radical (unpaired) electrons. The molecule has 1 saturated heterocycles. The van der Waals surface area contributed by atoms with Gasteiger partial charge in [-0.05, 0) is 49.5 Å². The Bertz CT molecular complexity index is 233. The Morgan fingerprint density at radius 3 is 2.65 bits per heavy atom. The fraction of sp³-hybridized carbons (Fsp3) is 1.00. The summed E-state index contributed by atoms with van der Waals surface area (Å²) in [7, 11) is 0. The van der Waals surface area contributed by atoms with E-state index in [9.17, 15) is 0 Å². The van der Waals surface area contributed by atoms with Crippen LogP contribution in [0.15, 0.2) is 0 Å². The van der Waals surface area contributed by atoms with Gasteiger partial charge in [0.05, 0.1) is 6.61 Å². The average molecular weight is 239 g/mol. The highest BCUT2D eigenvalue weighted by Gasteiger charge is 2.42. The zero-order valence-corrected chi connectivity index (χ0v) is 11.8. The summed E-state index contributed by atoms with van der Waals surface area (Å²) in [4.78, 5) is 0. The van der Waals surface area contributed by atoms with E-state index in [-0.39, 0.29) is 0 Å². The molecule has 0 aromatic rings. The summed E-state index contributed by atoms with van der Waals surface area (Å²) in [5, 5.41) is 3.77. The van der Waals surface area contributed by atoms with Crippen molar-refractivity contribution in [3.05, 3.63) is 0 Å². The van der Waals surface area contributed by atoms with E-state index >= 15 is 0 Å². The van der Waals surface area contributed by atoms with Crippen molar-refractivity contribution in [3.8, 4) is 0 Å². The first-order valence-electron chi connectivity index (χ1n) is 7.46. The summed E-state index contributed by atoms with van der Waals surface area (Å²) >= 11 is 0. The fourth-order valence-electron chi connectivity index (χ4n) is 3.94. The van der Waals surface area contributed by atoms with Crippen molar-refractivity contribution in [2.24, 2.45) is 17.3 Å². The third kappa shape index (κ3) is 3.03. The molecule has 100 valence electrons. The molecular weight excluding hydrogens is 210 g/mol. The topological polar surface area (TPSA) is 21.3 Å². The van der Waals surface area contributed by atoms with E-state index in [1.807, 2.05) is 0 Å². The number of ether oxygens (including phenoxy) is 1. The van der Waals surface area contributed by atoms with Gasteiger partial charge in [0.25, 0.3) is 0 Å². The molecule has 3 atom stereocenters. The van der Waals surface area contributed by atoms with Gasteiger partial charge in [0.15, 0.2) is 0 Å². The lowest BCUT2D eigenvalue weighted by Gasteiger charge is -2.40. The Kier molecular flexibility index (Phi) is 4.48. The van der Waals surface area contributed by atoms with Gasteiger partial charge in [0.2, 0.25) is 0 Å². The molecule has 2 nitrogen and oxygen atoms in total. The van der Waals surface area contributed by atoms with Gasteiger partial charge in [-0.1, -0.05) is 27.2 Å². The maximum Gasteiger partial charge on any atom is 0.0509 e. The smallest absolute Gasteiger partial charge is 0.0509 e. The second-order valence-corrected chi connectivity index (χ2v) is 6.55. The molecular formula is C15H29NO. The van der Waals surface area contributed by atoms with Crippen LogP contribution in [0.5, 0.6) is 0 Å². The Morgan fingerprint density at radius 1 is 1.29 bits per heavy atom. The minimum atomic E-state index is 0.518. The zero-order chi connectivity index (χ0) is 12.3. The van der Waals surface area contributed by atoms with E-state index in [0.29, 0.717) is 11.5 Å². The molecule has 0 spiro atoms. The van der Waals surface area contributed by atoms with Gasteiger partial charge in [-0.3, -0.25) is 0 Å². The molecule has 3 unspecified atom stereocenters. The summed E-state index contributed by atoms with van der Waals surface area (Å²) < 4.78 is 5.70. The Hall–Kier alpha value is -0.0800. The van der Waals surface area contributed by atoms with Crippen molar-refractivity contribution in [1.29, 1.82) is 0 Å². The molecule has 2 aliphatic rings. The Labute approximate surface area is 107 Å². The van der Waals surface area contributed by atoms with E-state index in [1.165, 1.54) is 32.1 Å². The molecule has 0 amide bonds. The lowest BCUT2D eigenvalue weighted by molar-refractivity contribution is 0.0174. The van der Waals surface area contributed by atoms with Crippen LogP contribution in [-0.4, -0.2) is 25.8 Å². The van der Waals surface area contributed by atoms with Crippen LogP contribution in [0.2, 0.25) is 0 Å². The molecule has 1 aliphatic carbocycles. The molecule has 1 saturated carbocycles. The Morgan fingerprint density at radius 2 is 2.12 bits per heavy atom. The van der Waals surface area contributed by atoms with Crippen molar-refractivity contribution in [2.45, 2.75) is 58.9 Å². The van der Waals surface area contributed by atoms with Crippen LogP contribution < -0.4 is 5.32 Å². The van der Waals surface area contributed by atoms with Gasteiger partial charge in [0.1, 0.15) is 0 Å². The van der Waals surface area contributed by atoms with E-state index in [0.717, 1.165) is 31.6 Å². The van der Waals surface area contributed by atoms with E-state index in [4.69, 9.17) is 4.74 Å². The summed E-state index contributed by atoms with van der Waals surface area (Å²) in [5.74, 6) is 1.58. The SMILES string of the molecule is CCNC(C1CCCOC1)C1CCCC1(C)C. The first-order valence-corrected chi connectivity index (χ1v) is 7.46. The molecule has 1 heterocycles. The largest absolute Gasteiger partial charge is 0.381 e. The lowest BCUT2D eigenvalue weighted by atomic mass is 9.72. The van der Waals surface area contributed by atoms with Gasteiger partial charge in [-0.15, -0.1) is 0 Å². The van der Waals surface area contributed by atoms with Gasteiger partial charge in [0, 0.05) is 12.6 Å². The maximum atomic E-state index is 5.70. The van der Waals surface area contributed by atoms with Gasteiger partial charge in [-0.25, -0.2) is 0 Å². The van der Waals surface area contributed by atoms with E-state index < -0.39 is 0 Å². The van der Waals surface area contributed by atoms with E-state index in [1.54, 1.807) is 0 Å². The standard InChI is InChI=1S/C15H29NO/c1-4-16-14(12-7-6-10-17-11-12)13-8-5-9-15(13,2)3/h12-14,16H,4-11H2,1-3H3. The van der Waals surface area contributed by atoms with Gasteiger partial charge >= 0.3 is 0 Å². The summed E-state index contributed by atoms with van der Waals surface area (Å²) in [6.07, 6.45) is 6.81. The highest BCUT2D eigenvalue weighted by Crippen LogP contribution is 2.46. The summed E-state index contributed by atoms with van der Waals surface area (Å²) in [6.45, 7) is 10.2. The third-order valence-electron chi connectivity index (χ3n) is 4.92. The second-order valence-electron chi connectivity index (χ2n) is 6.55. The molecule has 2 fully saturated rings. The molecule has 1 aliphatic heterocycles. The van der Waals surface area contributed by atoms with Crippen LogP contribution in [0, 0.1) is 17.3 Å². The molecule has 0 aromatic carbocycles. The van der Waals surface area contributed by atoms with E-state index in [2.05, 4.69) is 26.1 Å². The van der Waals surface area contributed by atoms with Gasteiger partial charge in [-0.2, -0.15) is 0 Å². The van der Waals surface area contributed by atoms with Crippen molar-refractivity contribution in [2.75, 3.05) is 19.8 Å². The summed E-state index contributed by atoms with van der Waals surface area (Å²) in [6, 6.07) is 0.679. The minimum absolute atomic E-state index is 0.518. The molecule has 0 aromatic heterocycles. The average Bonchev–Trinajstić information content (AvgIpc) is 2.67. The molecule has 17 heavy (non-hydrogen) atoms. The van der Waals surface area contributed by atoms with Crippen LogP contribution in [0.4, 0.5) is 0 Å². The highest BCUT2D eigenvalue weighted by molar-refractivity contribution is 4.95. The van der Waals surface area contributed by atoms with Crippen molar-refractivity contribution in [1.82, 2.24) is 5.32 Å². The summed E-state index contributed by atoms with van der Waals surface area (Å²) in [5.41, 5.74) is 0.518. The fourth-order valence-corrected chi connectivity index (χ4v) is 3.94. The predicted octanol–water partition coefficient (Wildman–Crippen LogP) is 3.22. The van der Waals surface area contributed by atoms with Crippen LogP contribution in [0.3, 0.4) is 0 Å². The van der Waals surface area contributed by atoms with Crippen LogP contribution in [0.1, 0.15) is 52.9 Å². The zero-order valence-electron chi connectivity index (χ0n) is 11.8. The molecule has 2 heteroatoms. The quantitative estimate of drug-likeness (QED) is 0.813. The number of nitrogens with one attached hydrogen (secondary N) is 1. The minimum Gasteiger partial charge on any atom is -0.381 e. The molecule has 0 bridgehead atoms. The maximum absolute atomic E-state index is 5.70. The first-order chi connectivity index (χ1) is 8.15. The monoisotopic (exact) mass is 239 g/mol. The van der Waals surface area contributed by atoms with Gasteiger partial charge < -0.3 is 10.1 Å². The number of hydrogen-bond donors (Lipinski definition) is 1. The second kappa shape index (κ2) is 5.71.